The number of benzene rings is 2. The summed E-state index contributed by atoms with van der Waals surface area (Å²) in [5.74, 6) is -1.15. The molecule has 2 aromatic carbocycles. The molecule has 8 heteroatoms. The van der Waals surface area contributed by atoms with Crippen molar-refractivity contribution in [2.75, 3.05) is 11.4 Å². The third-order valence-electron chi connectivity index (χ3n) is 4.91. The number of amides is 1. The summed E-state index contributed by atoms with van der Waals surface area (Å²) in [6.45, 7) is 0.397. The Hall–Kier alpha value is -3.68. The Balaban J connectivity index is 1.93. The average molecular weight is 365 g/mol. The molecule has 136 valence electrons. The molecule has 1 N–H and O–H groups in total. The number of nitro benzene ring substituents is 1. The molecule has 0 fully saturated rings. The van der Waals surface area contributed by atoms with Gasteiger partial charge in [0, 0.05) is 36.8 Å². The summed E-state index contributed by atoms with van der Waals surface area (Å²) in [5, 5.41) is 21.8. The molecule has 1 aliphatic rings. The number of fused-ring (bicyclic) bond motifs is 2. The normalized spacial score (nSPS) is 13.0. The molecule has 0 saturated carbocycles. The molecule has 1 amide bonds. The largest absolute Gasteiger partial charge is 0.506 e. The van der Waals surface area contributed by atoms with Gasteiger partial charge in [-0.05, 0) is 24.1 Å². The lowest BCUT2D eigenvalue weighted by Gasteiger charge is -2.19. The number of hydrogen-bond acceptors (Lipinski definition) is 5. The highest BCUT2D eigenvalue weighted by Crippen LogP contribution is 2.33. The van der Waals surface area contributed by atoms with Crippen LogP contribution in [0.3, 0.4) is 0 Å². The Kier molecular flexibility index (Phi) is 3.69. The zero-order valence-electron chi connectivity index (χ0n) is 14.4. The van der Waals surface area contributed by atoms with Crippen molar-refractivity contribution in [2.24, 2.45) is 7.05 Å². The van der Waals surface area contributed by atoms with Gasteiger partial charge in [0.25, 0.3) is 17.2 Å². The second-order valence-electron chi connectivity index (χ2n) is 6.38. The van der Waals surface area contributed by atoms with Crippen molar-refractivity contribution in [1.82, 2.24) is 4.57 Å². The molecule has 2 heterocycles. The Labute approximate surface area is 153 Å². The number of carbonyl (C=O) groups excluding carboxylic acids is 1. The SMILES string of the molecule is Cn1c(=O)c(C(=O)N2CCc3ccccc32)c(O)c2cc([N+](=O)[O-])ccc21. The van der Waals surface area contributed by atoms with E-state index in [9.17, 15) is 24.8 Å². The van der Waals surface area contributed by atoms with Crippen LogP contribution < -0.4 is 10.5 Å². The summed E-state index contributed by atoms with van der Waals surface area (Å²) < 4.78 is 1.22. The van der Waals surface area contributed by atoms with Crippen LogP contribution in [-0.4, -0.2) is 27.0 Å². The first kappa shape index (κ1) is 16.8. The smallest absolute Gasteiger partial charge is 0.270 e. The Morgan fingerprint density at radius 2 is 1.96 bits per heavy atom. The second kappa shape index (κ2) is 5.94. The number of anilines is 1. The average Bonchev–Trinajstić information content (AvgIpc) is 3.10. The van der Waals surface area contributed by atoms with Crippen molar-refractivity contribution >= 4 is 28.2 Å². The van der Waals surface area contributed by atoms with Crippen LogP contribution in [0, 0.1) is 10.1 Å². The number of hydrogen-bond donors (Lipinski definition) is 1. The van der Waals surface area contributed by atoms with Crippen LogP contribution in [0.2, 0.25) is 0 Å². The maximum absolute atomic E-state index is 13.1. The van der Waals surface area contributed by atoms with Crippen LogP contribution in [0.5, 0.6) is 5.75 Å². The lowest BCUT2D eigenvalue weighted by molar-refractivity contribution is -0.384. The number of nitro groups is 1. The molecule has 0 saturated heterocycles. The van der Waals surface area contributed by atoms with Crippen LogP contribution in [0.4, 0.5) is 11.4 Å². The van der Waals surface area contributed by atoms with Crippen LogP contribution in [0.25, 0.3) is 10.9 Å². The van der Waals surface area contributed by atoms with Gasteiger partial charge in [0.2, 0.25) is 0 Å². The number of non-ortho nitro benzene ring substituents is 1. The Bertz CT molecular complexity index is 1180. The fraction of sp³-hybridized carbons (Fsp3) is 0.158. The van der Waals surface area contributed by atoms with E-state index >= 15 is 0 Å². The Morgan fingerprint density at radius 3 is 2.70 bits per heavy atom. The summed E-state index contributed by atoms with van der Waals surface area (Å²) >= 11 is 0. The summed E-state index contributed by atoms with van der Waals surface area (Å²) in [4.78, 5) is 37.8. The van der Waals surface area contributed by atoms with Crippen LogP contribution >= 0.6 is 0 Å². The number of pyridine rings is 1. The van der Waals surface area contributed by atoms with E-state index in [1.165, 1.54) is 34.7 Å². The van der Waals surface area contributed by atoms with Gasteiger partial charge < -0.3 is 14.6 Å². The molecule has 0 spiro atoms. The van der Waals surface area contributed by atoms with Gasteiger partial charge in [0.05, 0.1) is 10.4 Å². The fourth-order valence-electron chi connectivity index (χ4n) is 3.51. The summed E-state index contributed by atoms with van der Waals surface area (Å²) in [6, 6.07) is 11.2. The predicted molar refractivity (Wildman–Crippen MR) is 99.3 cm³/mol. The minimum atomic E-state index is -0.650. The topological polar surface area (TPSA) is 106 Å². The molecule has 8 nitrogen and oxygen atoms in total. The van der Waals surface area contributed by atoms with Crippen molar-refractivity contribution in [3.8, 4) is 5.75 Å². The van der Waals surface area contributed by atoms with Gasteiger partial charge in [0.1, 0.15) is 11.3 Å². The molecular formula is C19H15N3O5. The van der Waals surface area contributed by atoms with Gasteiger partial charge in [0.15, 0.2) is 0 Å². The van der Waals surface area contributed by atoms with Gasteiger partial charge in [-0.1, -0.05) is 18.2 Å². The minimum Gasteiger partial charge on any atom is -0.506 e. The first-order valence-corrected chi connectivity index (χ1v) is 8.30. The highest BCUT2D eigenvalue weighted by atomic mass is 16.6. The zero-order valence-corrected chi connectivity index (χ0v) is 14.4. The lowest BCUT2D eigenvalue weighted by Crippen LogP contribution is -2.35. The highest BCUT2D eigenvalue weighted by Gasteiger charge is 2.30. The first-order valence-electron chi connectivity index (χ1n) is 8.30. The number of rotatable bonds is 2. The van der Waals surface area contributed by atoms with Crippen molar-refractivity contribution in [3.63, 3.8) is 0 Å². The number of carbonyl (C=O) groups is 1. The summed E-state index contributed by atoms with van der Waals surface area (Å²) in [7, 11) is 1.46. The molecule has 0 aliphatic carbocycles. The molecule has 1 aromatic heterocycles. The number of aromatic nitrogens is 1. The van der Waals surface area contributed by atoms with E-state index < -0.39 is 22.1 Å². The quantitative estimate of drug-likeness (QED) is 0.554. The third-order valence-corrected chi connectivity index (χ3v) is 4.91. The lowest BCUT2D eigenvalue weighted by atomic mass is 10.1. The molecule has 0 unspecified atom stereocenters. The van der Waals surface area contributed by atoms with Gasteiger partial charge in [-0.25, -0.2) is 0 Å². The van der Waals surface area contributed by atoms with E-state index in [1.54, 1.807) is 12.1 Å². The molecule has 0 radical (unpaired) electrons. The van der Waals surface area contributed by atoms with Crippen molar-refractivity contribution < 1.29 is 14.8 Å². The third kappa shape index (κ3) is 2.45. The Morgan fingerprint density at radius 1 is 1.22 bits per heavy atom. The van der Waals surface area contributed by atoms with E-state index in [-0.39, 0.29) is 16.6 Å². The van der Waals surface area contributed by atoms with Crippen molar-refractivity contribution in [1.29, 1.82) is 0 Å². The van der Waals surface area contributed by atoms with Gasteiger partial charge in [-0.15, -0.1) is 0 Å². The molecule has 1 aliphatic heterocycles. The predicted octanol–water partition coefficient (Wildman–Crippen LogP) is 2.36. The van der Waals surface area contributed by atoms with Crippen LogP contribution in [-0.2, 0) is 13.5 Å². The number of aromatic hydroxyl groups is 1. The maximum Gasteiger partial charge on any atom is 0.270 e. The maximum atomic E-state index is 13.1. The highest BCUT2D eigenvalue weighted by molar-refractivity contribution is 6.11. The second-order valence-corrected chi connectivity index (χ2v) is 6.38. The molecule has 0 bridgehead atoms. The van der Waals surface area contributed by atoms with E-state index in [0.29, 0.717) is 24.2 Å². The monoisotopic (exact) mass is 365 g/mol. The molecule has 27 heavy (non-hydrogen) atoms. The first-order chi connectivity index (χ1) is 12.9. The number of nitrogens with zero attached hydrogens (tertiary/aromatic N) is 3. The standard InChI is InChI=1S/C19H15N3O5/c1-20-15-7-6-12(22(26)27)10-13(15)17(23)16(18(20)24)19(25)21-9-8-11-4-2-3-5-14(11)21/h2-7,10,23H,8-9H2,1H3. The van der Waals surface area contributed by atoms with E-state index in [2.05, 4.69) is 0 Å². The fourth-order valence-corrected chi connectivity index (χ4v) is 3.51. The van der Waals surface area contributed by atoms with E-state index in [0.717, 1.165) is 5.56 Å². The van der Waals surface area contributed by atoms with Gasteiger partial charge in [-0.2, -0.15) is 0 Å². The number of para-hydroxylation sites is 1. The van der Waals surface area contributed by atoms with E-state index in [1.807, 2.05) is 12.1 Å². The van der Waals surface area contributed by atoms with Crippen molar-refractivity contribution in [3.05, 3.63) is 74.1 Å². The van der Waals surface area contributed by atoms with Crippen LogP contribution in [0.1, 0.15) is 15.9 Å². The van der Waals surface area contributed by atoms with Crippen LogP contribution in [0.15, 0.2) is 47.3 Å². The van der Waals surface area contributed by atoms with Crippen molar-refractivity contribution in [2.45, 2.75) is 6.42 Å². The summed E-state index contributed by atoms with van der Waals surface area (Å²) in [6.07, 6.45) is 0.655. The summed E-state index contributed by atoms with van der Waals surface area (Å²) in [5.41, 5.74) is 0.718. The molecule has 3 aromatic rings. The minimum absolute atomic E-state index is 0.0853. The van der Waals surface area contributed by atoms with E-state index in [4.69, 9.17) is 0 Å². The zero-order chi connectivity index (χ0) is 19.3. The van der Waals surface area contributed by atoms with Gasteiger partial charge >= 0.3 is 0 Å². The molecule has 4 rings (SSSR count). The number of aryl methyl sites for hydroxylation is 1. The molecular weight excluding hydrogens is 350 g/mol. The van der Waals surface area contributed by atoms with Gasteiger partial charge in [-0.3, -0.25) is 19.7 Å². The molecule has 0 atom stereocenters.